The van der Waals surface area contributed by atoms with Gasteiger partial charge >= 0.3 is 6.95 Å². The molecular weight excluding hydrogens is 211 g/mol. The molecule has 0 amide bonds. The van der Waals surface area contributed by atoms with Gasteiger partial charge < -0.3 is 0 Å². The lowest BCUT2D eigenvalue weighted by atomic mass is 10.5. The second kappa shape index (κ2) is 3.90. The zero-order chi connectivity index (χ0) is 9.31. The SMILES string of the molecule is O=P(Cl)(OCC1CC1)OCC1CC1. The first kappa shape index (κ1) is 9.97. The Bertz CT molecular complexity index is 205. The number of halogens is 1. The van der Waals surface area contributed by atoms with Gasteiger partial charge in [0, 0.05) is 11.2 Å². The maximum atomic E-state index is 11.4. The zero-order valence-electron chi connectivity index (χ0n) is 7.45. The molecule has 0 aromatic rings. The fraction of sp³-hybridized carbons (Fsp3) is 1.00. The van der Waals surface area contributed by atoms with E-state index in [1.807, 2.05) is 0 Å². The summed E-state index contributed by atoms with van der Waals surface area (Å²) in [7, 11) is 0. The monoisotopic (exact) mass is 224 g/mol. The number of rotatable bonds is 6. The summed E-state index contributed by atoms with van der Waals surface area (Å²) in [5.41, 5.74) is 0. The molecule has 0 aromatic heterocycles. The van der Waals surface area contributed by atoms with Crippen LogP contribution in [0, 0.1) is 11.8 Å². The third-order valence-electron chi connectivity index (χ3n) is 2.32. The highest BCUT2D eigenvalue weighted by Gasteiger charge is 2.30. The molecule has 0 aromatic carbocycles. The third kappa shape index (κ3) is 3.99. The first-order valence-electron chi connectivity index (χ1n) is 4.74. The summed E-state index contributed by atoms with van der Waals surface area (Å²) >= 11 is 5.59. The quantitative estimate of drug-likeness (QED) is 0.650. The summed E-state index contributed by atoms with van der Waals surface area (Å²) < 4.78 is 21.5. The zero-order valence-corrected chi connectivity index (χ0v) is 9.10. The summed E-state index contributed by atoms with van der Waals surface area (Å²) in [4.78, 5) is 0. The second-order valence-corrected chi connectivity index (χ2v) is 6.53. The van der Waals surface area contributed by atoms with E-state index < -0.39 is 6.95 Å². The van der Waals surface area contributed by atoms with Crippen LogP contribution in [0.1, 0.15) is 25.7 Å². The molecule has 2 aliphatic rings. The van der Waals surface area contributed by atoms with Gasteiger partial charge in [-0.15, -0.1) is 0 Å². The summed E-state index contributed by atoms with van der Waals surface area (Å²) in [5.74, 6) is 1.13. The molecule has 2 rings (SSSR count). The van der Waals surface area contributed by atoms with E-state index in [0.29, 0.717) is 25.0 Å². The van der Waals surface area contributed by atoms with Crippen LogP contribution in [0.25, 0.3) is 0 Å². The van der Waals surface area contributed by atoms with Crippen molar-refractivity contribution in [3.8, 4) is 0 Å². The molecule has 0 bridgehead atoms. The lowest BCUT2D eigenvalue weighted by Gasteiger charge is -2.10. The lowest BCUT2D eigenvalue weighted by molar-refractivity contribution is 0.205. The van der Waals surface area contributed by atoms with Gasteiger partial charge in [0.1, 0.15) is 0 Å². The van der Waals surface area contributed by atoms with E-state index >= 15 is 0 Å². The standard InChI is InChI=1S/C8H14ClO3P/c9-13(10,11-5-7-1-2-7)12-6-8-3-4-8/h7-8H,1-6H2. The molecule has 0 N–H and O–H groups in total. The average molecular weight is 225 g/mol. The number of hydrogen-bond donors (Lipinski definition) is 0. The Morgan fingerprint density at radius 2 is 1.46 bits per heavy atom. The molecule has 5 heteroatoms. The molecule has 2 saturated carbocycles. The largest absolute Gasteiger partial charge is 0.424 e. The van der Waals surface area contributed by atoms with E-state index in [4.69, 9.17) is 20.3 Å². The van der Waals surface area contributed by atoms with Crippen molar-refractivity contribution in [1.29, 1.82) is 0 Å². The van der Waals surface area contributed by atoms with Crippen LogP contribution in [-0.2, 0) is 13.6 Å². The van der Waals surface area contributed by atoms with Crippen LogP contribution in [0.4, 0.5) is 0 Å². The Morgan fingerprint density at radius 3 is 1.77 bits per heavy atom. The Morgan fingerprint density at radius 1 is 1.08 bits per heavy atom. The van der Waals surface area contributed by atoms with Crippen molar-refractivity contribution in [2.24, 2.45) is 11.8 Å². The van der Waals surface area contributed by atoms with Crippen LogP contribution < -0.4 is 0 Å². The Kier molecular flexibility index (Phi) is 2.99. The molecule has 76 valence electrons. The molecule has 0 atom stereocenters. The predicted octanol–water partition coefficient (Wildman–Crippen LogP) is 3.19. The van der Waals surface area contributed by atoms with Crippen molar-refractivity contribution in [2.75, 3.05) is 13.2 Å². The van der Waals surface area contributed by atoms with E-state index in [9.17, 15) is 4.57 Å². The highest BCUT2D eigenvalue weighted by atomic mass is 35.7. The fourth-order valence-electron chi connectivity index (χ4n) is 0.995. The predicted molar refractivity (Wildman–Crippen MR) is 50.8 cm³/mol. The minimum atomic E-state index is -3.25. The Labute approximate surface area is 83.1 Å². The van der Waals surface area contributed by atoms with Gasteiger partial charge in [0.05, 0.1) is 13.2 Å². The van der Waals surface area contributed by atoms with E-state index in [2.05, 4.69) is 0 Å². The molecule has 3 nitrogen and oxygen atoms in total. The van der Waals surface area contributed by atoms with E-state index in [-0.39, 0.29) is 0 Å². The summed E-state index contributed by atoms with van der Waals surface area (Å²) in [6.45, 7) is -2.27. The fourth-order valence-corrected chi connectivity index (χ4v) is 2.19. The van der Waals surface area contributed by atoms with E-state index in [1.54, 1.807) is 0 Å². The number of hydrogen-bond acceptors (Lipinski definition) is 3. The van der Waals surface area contributed by atoms with Gasteiger partial charge in [-0.1, -0.05) is 0 Å². The van der Waals surface area contributed by atoms with Crippen molar-refractivity contribution in [1.82, 2.24) is 0 Å². The molecule has 0 heterocycles. The van der Waals surface area contributed by atoms with Gasteiger partial charge in [0.25, 0.3) is 0 Å². The maximum Gasteiger partial charge on any atom is 0.424 e. The minimum absolute atomic E-state index is 0.492. The minimum Gasteiger partial charge on any atom is -0.297 e. The first-order chi connectivity index (χ1) is 6.16. The lowest BCUT2D eigenvalue weighted by Crippen LogP contribution is -1.97. The average Bonchev–Trinajstić information content (AvgIpc) is 2.92. The maximum absolute atomic E-state index is 11.4. The van der Waals surface area contributed by atoms with Crippen LogP contribution in [-0.4, -0.2) is 13.2 Å². The topological polar surface area (TPSA) is 35.5 Å². The van der Waals surface area contributed by atoms with Crippen LogP contribution in [0.3, 0.4) is 0 Å². The van der Waals surface area contributed by atoms with Crippen LogP contribution >= 0.6 is 18.2 Å². The van der Waals surface area contributed by atoms with E-state index in [0.717, 1.165) is 0 Å². The molecular formula is C8H14ClO3P. The Balaban J connectivity index is 1.63. The van der Waals surface area contributed by atoms with Gasteiger partial charge in [-0.25, -0.2) is 4.57 Å². The van der Waals surface area contributed by atoms with Gasteiger partial charge in [-0.3, -0.25) is 9.05 Å². The van der Waals surface area contributed by atoms with Crippen molar-refractivity contribution < 1.29 is 13.6 Å². The first-order valence-corrected chi connectivity index (χ1v) is 7.19. The molecule has 0 aliphatic heterocycles. The van der Waals surface area contributed by atoms with E-state index in [1.165, 1.54) is 25.7 Å². The summed E-state index contributed by atoms with van der Waals surface area (Å²) in [6, 6.07) is 0. The smallest absolute Gasteiger partial charge is 0.297 e. The normalized spacial score (nSPS) is 23.5. The highest BCUT2D eigenvalue weighted by Crippen LogP contribution is 2.55. The molecule has 0 radical (unpaired) electrons. The van der Waals surface area contributed by atoms with Gasteiger partial charge in [-0.05, 0) is 37.5 Å². The summed E-state index contributed by atoms with van der Waals surface area (Å²) in [5, 5.41) is 0. The van der Waals surface area contributed by atoms with Crippen molar-refractivity contribution in [2.45, 2.75) is 25.7 Å². The molecule has 0 saturated heterocycles. The van der Waals surface area contributed by atoms with Crippen molar-refractivity contribution >= 4 is 18.2 Å². The highest BCUT2D eigenvalue weighted by molar-refractivity contribution is 7.81. The van der Waals surface area contributed by atoms with Crippen LogP contribution in [0.5, 0.6) is 0 Å². The van der Waals surface area contributed by atoms with Gasteiger partial charge in [-0.2, -0.15) is 0 Å². The molecule has 2 fully saturated rings. The van der Waals surface area contributed by atoms with Crippen LogP contribution in [0.2, 0.25) is 0 Å². The second-order valence-electron chi connectivity index (χ2n) is 3.91. The van der Waals surface area contributed by atoms with Crippen LogP contribution in [0.15, 0.2) is 0 Å². The van der Waals surface area contributed by atoms with Crippen molar-refractivity contribution in [3.05, 3.63) is 0 Å². The molecule has 13 heavy (non-hydrogen) atoms. The molecule has 2 aliphatic carbocycles. The molecule has 0 spiro atoms. The van der Waals surface area contributed by atoms with Crippen molar-refractivity contribution in [3.63, 3.8) is 0 Å². The third-order valence-corrected chi connectivity index (χ3v) is 3.82. The summed E-state index contributed by atoms with van der Waals surface area (Å²) in [6.07, 6.45) is 4.66. The van der Waals surface area contributed by atoms with Gasteiger partial charge in [0.2, 0.25) is 0 Å². The van der Waals surface area contributed by atoms with Gasteiger partial charge in [0.15, 0.2) is 0 Å². The Hall–Kier alpha value is 0.440. The molecule has 0 unspecified atom stereocenters.